The molecule has 8 heteroatoms. The van der Waals surface area contributed by atoms with Crippen molar-refractivity contribution in [1.82, 2.24) is 15.4 Å². The molecule has 0 bridgehead atoms. The van der Waals surface area contributed by atoms with Crippen molar-refractivity contribution in [1.29, 1.82) is 0 Å². The maximum atomic E-state index is 11.7. The number of H-pyrrole nitrogens is 2. The van der Waals surface area contributed by atoms with Crippen LogP contribution in [0.1, 0.15) is 23.2 Å². The van der Waals surface area contributed by atoms with Gasteiger partial charge in [-0.3, -0.25) is 14.6 Å². The Balaban J connectivity index is 1.91. The summed E-state index contributed by atoms with van der Waals surface area (Å²) >= 11 is 3.35. The minimum atomic E-state index is -0.556. The smallest absolute Gasteiger partial charge is 0.311 e. The lowest BCUT2D eigenvalue weighted by molar-refractivity contribution is -0.121. The molecular weight excluding hydrogens is 364 g/mol. The SMILES string of the molecule is Cc1[nH]c(=O)[nH]c(=O)c1CCC(=O)N/N=C/c1cccc(Br)c1. The van der Waals surface area contributed by atoms with Crippen LogP contribution in [0, 0.1) is 6.92 Å². The van der Waals surface area contributed by atoms with Gasteiger partial charge in [0.2, 0.25) is 5.91 Å². The van der Waals surface area contributed by atoms with Crippen LogP contribution in [0.15, 0.2) is 43.4 Å². The summed E-state index contributed by atoms with van der Waals surface area (Å²) in [5.74, 6) is -0.318. The average Bonchev–Trinajstić information content (AvgIpc) is 2.46. The molecule has 0 spiro atoms. The molecule has 0 radical (unpaired) electrons. The molecule has 3 N–H and O–H groups in total. The Kier molecular flexibility index (Phi) is 5.64. The summed E-state index contributed by atoms with van der Waals surface area (Å²) in [6.45, 7) is 1.62. The molecule has 0 unspecified atom stereocenters. The topological polar surface area (TPSA) is 107 Å². The van der Waals surface area contributed by atoms with Gasteiger partial charge in [-0.25, -0.2) is 10.2 Å². The first-order valence-corrected chi connectivity index (χ1v) is 7.64. The van der Waals surface area contributed by atoms with E-state index in [-0.39, 0.29) is 18.7 Å². The van der Waals surface area contributed by atoms with Crippen LogP contribution < -0.4 is 16.7 Å². The number of nitrogens with zero attached hydrogens (tertiary/aromatic N) is 1. The first-order valence-electron chi connectivity index (χ1n) is 6.85. The number of amides is 1. The summed E-state index contributed by atoms with van der Waals surface area (Å²) in [6.07, 6.45) is 1.84. The fourth-order valence-corrected chi connectivity index (χ4v) is 2.40. The van der Waals surface area contributed by atoms with Gasteiger partial charge < -0.3 is 4.98 Å². The van der Waals surface area contributed by atoms with E-state index < -0.39 is 11.2 Å². The molecule has 0 saturated heterocycles. The highest BCUT2D eigenvalue weighted by Crippen LogP contribution is 2.09. The number of nitrogens with one attached hydrogen (secondary N) is 3. The first kappa shape index (κ1) is 16.9. The molecule has 0 fully saturated rings. The van der Waals surface area contributed by atoms with Gasteiger partial charge in [0.05, 0.1) is 6.21 Å². The van der Waals surface area contributed by atoms with Gasteiger partial charge in [-0.05, 0) is 31.0 Å². The standard InChI is InChI=1S/C15H15BrN4O3/c1-9-12(14(22)19-15(23)18-9)5-6-13(21)20-17-8-10-3-2-4-11(16)7-10/h2-4,7-8H,5-6H2,1H3,(H,20,21)(H2,18,19,22,23)/b17-8+. The van der Waals surface area contributed by atoms with E-state index in [0.717, 1.165) is 10.0 Å². The van der Waals surface area contributed by atoms with Crippen molar-refractivity contribution in [2.24, 2.45) is 5.10 Å². The summed E-state index contributed by atoms with van der Waals surface area (Å²) in [7, 11) is 0. The molecule has 7 nitrogen and oxygen atoms in total. The number of carbonyl (C=O) groups is 1. The predicted molar refractivity (Wildman–Crippen MR) is 90.6 cm³/mol. The highest BCUT2D eigenvalue weighted by molar-refractivity contribution is 9.10. The molecule has 1 aromatic carbocycles. The number of aromatic amines is 2. The maximum absolute atomic E-state index is 11.7. The van der Waals surface area contributed by atoms with Crippen molar-refractivity contribution in [2.45, 2.75) is 19.8 Å². The van der Waals surface area contributed by atoms with E-state index in [4.69, 9.17) is 0 Å². The Morgan fingerprint density at radius 2 is 2.13 bits per heavy atom. The minimum Gasteiger partial charge on any atom is -0.311 e. The molecule has 1 heterocycles. The third-order valence-corrected chi connectivity index (χ3v) is 3.60. The van der Waals surface area contributed by atoms with Crippen molar-refractivity contribution in [3.63, 3.8) is 0 Å². The second-order valence-corrected chi connectivity index (χ2v) is 5.78. The van der Waals surface area contributed by atoms with E-state index in [1.165, 1.54) is 6.21 Å². The van der Waals surface area contributed by atoms with Gasteiger partial charge in [-0.15, -0.1) is 0 Å². The molecule has 1 aromatic heterocycles. The monoisotopic (exact) mass is 378 g/mol. The average molecular weight is 379 g/mol. The molecule has 2 aromatic rings. The van der Waals surface area contributed by atoms with Gasteiger partial charge in [0.25, 0.3) is 5.56 Å². The third-order valence-electron chi connectivity index (χ3n) is 3.11. The zero-order valence-corrected chi connectivity index (χ0v) is 13.9. The molecular formula is C15H15BrN4O3. The first-order chi connectivity index (χ1) is 11.0. The van der Waals surface area contributed by atoms with Crippen molar-refractivity contribution < 1.29 is 4.79 Å². The van der Waals surface area contributed by atoms with Gasteiger partial charge in [0.15, 0.2) is 0 Å². The highest BCUT2D eigenvalue weighted by atomic mass is 79.9. The van der Waals surface area contributed by atoms with Crippen molar-refractivity contribution in [3.8, 4) is 0 Å². The molecule has 0 aliphatic heterocycles. The zero-order chi connectivity index (χ0) is 16.8. The lowest BCUT2D eigenvalue weighted by Crippen LogP contribution is -2.28. The zero-order valence-electron chi connectivity index (χ0n) is 12.4. The number of rotatable bonds is 5. The van der Waals surface area contributed by atoms with Gasteiger partial charge in [0, 0.05) is 22.2 Å². The van der Waals surface area contributed by atoms with Crippen LogP contribution >= 0.6 is 15.9 Å². The molecule has 1 amide bonds. The van der Waals surface area contributed by atoms with E-state index in [1.807, 2.05) is 24.3 Å². The summed E-state index contributed by atoms with van der Waals surface area (Å²) in [6, 6.07) is 7.46. The van der Waals surface area contributed by atoms with Crippen LogP contribution in [0.5, 0.6) is 0 Å². The number of benzene rings is 1. The van der Waals surface area contributed by atoms with Crippen LogP contribution in [0.3, 0.4) is 0 Å². The van der Waals surface area contributed by atoms with Crippen LogP contribution in [-0.2, 0) is 11.2 Å². The number of halogens is 1. The third kappa shape index (κ3) is 5.03. The number of aryl methyl sites for hydroxylation is 1. The Hall–Kier alpha value is -2.48. The molecule has 23 heavy (non-hydrogen) atoms. The Labute approximate surface area is 140 Å². The van der Waals surface area contributed by atoms with Crippen LogP contribution in [0.25, 0.3) is 0 Å². The molecule has 2 rings (SSSR count). The van der Waals surface area contributed by atoms with Crippen molar-refractivity contribution in [2.75, 3.05) is 0 Å². The van der Waals surface area contributed by atoms with Crippen LogP contribution in [0.4, 0.5) is 0 Å². The molecule has 0 aliphatic rings. The lowest BCUT2D eigenvalue weighted by Gasteiger charge is -2.03. The van der Waals surface area contributed by atoms with Gasteiger partial charge >= 0.3 is 5.69 Å². The lowest BCUT2D eigenvalue weighted by atomic mass is 10.1. The van der Waals surface area contributed by atoms with Gasteiger partial charge in [0.1, 0.15) is 0 Å². The van der Waals surface area contributed by atoms with E-state index in [2.05, 4.69) is 36.4 Å². The number of hydrazone groups is 1. The normalized spacial score (nSPS) is 10.9. The summed E-state index contributed by atoms with van der Waals surface area (Å²) in [5.41, 5.74) is 3.06. The second-order valence-electron chi connectivity index (χ2n) is 4.86. The molecule has 0 atom stereocenters. The van der Waals surface area contributed by atoms with E-state index in [9.17, 15) is 14.4 Å². The van der Waals surface area contributed by atoms with Gasteiger partial charge in [-0.2, -0.15) is 5.10 Å². The molecule has 120 valence electrons. The fourth-order valence-electron chi connectivity index (χ4n) is 1.99. The Bertz CT molecular complexity index is 854. The predicted octanol–water partition coefficient (Wildman–Crippen LogP) is 1.22. The fraction of sp³-hybridized carbons (Fsp3) is 0.200. The summed E-state index contributed by atoms with van der Waals surface area (Å²) in [5, 5.41) is 3.86. The summed E-state index contributed by atoms with van der Waals surface area (Å²) in [4.78, 5) is 39.1. The number of hydrogen-bond donors (Lipinski definition) is 3. The van der Waals surface area contributed by atoms with Crippen molar-refractivity contribution >= 4 is 28.1 Å². The Morgan fingerprint density at radius 1 is 1.35 bits per heavy atom. The highest BCUT2D eigenvalue weighted by Gasteiger charge is 2.08. The largest absolute Gasteiger partial charge is 0.325 e. The van der Waals surface area contributed by atoms with Crippen molar-refractivity contribution in [3.05, 3.63) is 66.4 Å². The maximum Gasteiger partial charge on any atom is 0.325 e. The summed E-state index contributed by atoms with van der Waals surface area (Å²) < 4.78 is 0.917. The second kappa shape index (κ2) is 7.68. The van der Waals surface area contributed by atoms with E-state index in [1.54, 1.807) is 6.92 Å². The van der Waals surface area contributed by atoms with Crippen LogP contribution in [-0.4, -0.2) is 22.1 Å². The van der Waals surface area contributed by atoms with E-state index in [0.29, 0.717) is 11.3 Å². The van der Waals surface area contributed by atoms with Gasteiger partial charge in [-0.1, -0.05) is 28.1 Å². The molecule has 0 saturated carbocycles. The molecule has 0 aliphatic carbocycles. The number of hydrogen-bond acceptors (Lipinski definition) is 4. The quantitative estimate of drug-likeness (QED) is 0.537. The number of aromatic nitrogens is 2. The number of carbonyl (C=O) groups excluding carboxylic acids is 1. The van der Waals surface area contributed by atoms with E-state index >= 15 is 0 Å². The minimum absolute atomic E-state index is 0.0891. The Morgan fingerprint density at radius 3 is 2.83 bits per heavy atom. The van der Waals surface area contributed by atoms with Crippen LogP contribution in [0.2, 0.25) is 0 Å².